The fraction of sp³-hybridized carbons (Fsp3) is 0.533. The van der Waals surface area contributed by atoms with E-state index in [1.54, 1.807) is 0 Å². The molecule has 0 N–H and O–H groups in total. The van der Waals surface area contributed by atoms with E-state index in [4.69, 9.17) is 0 Å². The van der Waals surface area contributed by atoms with Crippen LogP contribution in [0.15, 0.2) is 30.3 Å². The molecule has 0 amide bonds. The van der Waals surface area contributed by atoms with Gasteiger partial charge in [-0.2, -0.15) is 0 Å². The Labute approximate surface area is 102 Å². The number of likely N-dealkylation sites (tertiary alicyclic amines) is 1. The summed E-state index contributed by atoms with van der Waals surface area (Å²) in [6, 6.07) is 11.2. The molecule has 2 heteroatoms. The molecule has 2 nitrogen and oxygen atoms in total. The van der Waals surface area contributed by atoms with Crippen molar-refractivity contribution in [3.8, 4) is 0 Å². The average Bonchev–Trinajstić information content (AvgIpc) is 2.96. The van der Waals surface area contributed by atoms with Crippen LogP contribution >= 0.6 is 0 Å². The minimum Gasteiger partial charge on any atom is -0.300 e. The van der Waals surface area contributed by atoms with E-state index in [1.807, 2.05) is 0 Å². The molecule has 1 aromatic rings. The van der Waals surface area contributed by atoms with Gasteiger partial charge in [0.25, 0.3) is 0 Å². The quantitative estimate of drug-likeness (QED) is 0.723. The zero-order chi connectivity index (χ0) is 11.5. The maximum absolute atomic E-state index is 11.7. The molecular formula is C15H17NO. The molecule has 0 bridgehead atoms. The number of ketones is 1. The summed E-state index contributed by atoms with van der Waals surface area (Å²) in [4.78, 5) is 14.2. The Hall–Kier alpha value is -1.15. The second kappa shape index (κ2) is 3.20. The molecular weight excluding hydrogens is 210 g/mol. The van der Waals surface area contributed by atoms with Crippen LogP contribution in [0.5, 0.6) is 0 Å². The second-order valence-corrected chi connectivity index (χ2v) is 5.80. The van der Waals surface area contributed by atoms with Crippen LogP contribution in [0.2, 0.25) is 0 Å². The van der Waals surface area contributed by atoms with Crippen LogP contribution in [0.3, 0.4) is 0 Å². The molecule has 2 aliphatic carbocycles. The number of nitrogens with zero attached hydrogens (tertiary/aromatic N) is 1. The molecule has 17 heavy (non-hydrogen) atoms. The summed E-state index contributed by atoms with van der Waals surface area (Å²) in [5.74, 6) is 1.17. The summed E-state index contributed by atoms with van der Waals surface area (Å²) < 4.78 is 0. The third-order valence-corrected chi connectivity index (χ3v) is 5.11. The SMILES string of the molecule is O=C1CC2CCC23C(C1)N3Cc1ccccc1. The van der Waals surface area contributed by atoms with Crippen LogP contribution in [0.4, 0.5) is 0 Å². The third kappa shape index (κ3) is 1.22. The van der Waals surface area contributed by atoms with Crippen molar-refractivity contribution in [3.63, 3.8) is 0 Å². The highest BCUT2D eigenvalue weighted by Crippen LogP contribution is 2.64. The van der Waals surface area contributed by atoms with Gasteiger partial charge in [-0.15, -0.1) is 0 Å². The van der Waals surface area contributed by atoms with Gasteiger partial charge in [0.05, 0.1) is 0 Å². The van der Waals surface area contributed by atoms with E-state index >= 15 is 0 Å². The first-order valence-corrected chi connectivity index (χ1v) is 6.63. The van der Waals surface area contributed by atoms with Crippen LogP contribution in [0.1, 0.15) is 31.2 Å². The molecule has 1 aliphatic heterocycles. The number of Topliss-reactive ketones (excluding diaryl/α,β-unsaturated/α-hetero) is 1. The lowest BCUT2D eigenvalue weighted by Crippen LogP contribution is -2.44. The molecule has 88 valence electrons. The predicted octanol–water partition coefficient (Wildman–Crippen LogP) is 2.38. The Kier molecular flexibility index (Phi) is 1.85. The molecule has 1 saturated heterocycles. The van der Waals surface area contributed by atoms with Crippen molar-refractivity contribution >= 4 is 5.78 Å². The van der Waals surface area contributed by atoms with E-state index in [0.717, 1.165) is 19.4 Å². The molecule has 4 unspecified atom stereocenters. The Morgan fingerprint density at radius 3 is 2.76 bits per heavy atom. The first-order chi connectivity index (χ1) is 8.30. The molecule has 4 rings (SSSR count). The lowest BCUT2D eigenvalue weighted by atomic mass is 9.64. The number of benzene rings is 1. The smallest absolute Gasteiger partial charge is 0.134 e. The van der Waals surface area contributed by atoms with Crippen molar-refractivity contribution in [1.29, 1.82) is 0 Å². The zero-order valence-electron chi connectivity index (χ0n) is 9.93. The van der Waals surface area contributed by atoms with E-state index < -0.39 is 0 Å². The Bertz CT molecular complexity index is 469. The van der Waals surface area contributed by atoms with E-state index in [-0.39, 0.29) is 0 Å². The Morgan fingerprint density at radius 2 is 2.06 bits per heavy atom. The van der Waals surface area contributed by atoms with Crippen molar-refractivity contribution in [2.24, 2.45) is 5.92 Å². The second-order valence-electron chi connectivity index (χ2n) is 5.80. The van der Waals surface area contributed by atoms with E-state index in [2.05, 4.69) is 35.2 Å². The highest BCUT2D eigenvalue weighted by molar-refractivity contribution is 5.82. The number of hydrogen-bond acceptors (Lipinski definition) is 2. The van der Waals surface area contributed by atoms with Gasteiger partial charge in [-0.1, -0.05) is 30.3 Å². The summed E-state index contributed by atoms with van der Waals surface area (Å²) in [5, 5.41) is 0. The van der Waals surface area contributed by atoms with Gasteiger partial charge < -0.3 is 0 Å². The fourth-order valence-corrected chi connectivity index (χ4v) is 4.11. The fourth-order valence-electron chi connectivity index (χ4n) is 4.11. The number of rotatable bonds is 2. The molecule has 1 aromatic carbocycles. The van der Waals surface area contributed by atoms with Crippen molar-refractivity contribution in [2.45, 2.75) is 43.8 Å². The molecule has 2 saturated carbocycles. The van der Waals surface area contributed by atoms with Gasteiger partial charge in [0, 0.05) is 31.0 Å². The first-order valence-electron chi connectivity index (χ1n) is 6.63. The van der Waals surface area contributed by atoms with E-state index in [9.17, 15) is 4.79 Å². The molecule has 4 atom stereocenters. The van der Waals surface area contributed by atoms with Crippen LogP contribution in [-0.2, 0) is 11.3 Å². The number of carbonyl (C=O) groups is 1. The molecule has 1 heterocycles. The van der Waals surface area contributed by atoms with Gasteiger partial charge in [0.15, 0.2) is 0 Å². The number of hydrogen-bond donors (Lipinski definition) is 0. The minimum atomic E-state index is 0.448. The van der Waals surface area contributed by atoms with E-state index in [0.29, 0.717) is 23.3 Å². The van der Waals surface area contributed by atoms with Crippen LogP contribution in [0.25, 0.3) is 0 Å². The van der Waals surface area contributed by atoms with Gasteiger partial charge in [0.2, 0.25) is 0 Å². The standard InChI is InChI=1S/C15H17NO/c17-13-8-12-6-7-15(12)14(9-13)16(15)10-11-4-2-1-3-5-11/h1-5,12,14H,6-10H2. The summed E-state index contributed by atoms with van der Waals surface area (Å²) in [5.41, 5.74) is 1.83. The molecule has 0 aromatic heterocycles. The van der Waals surface area contributed by atoms with Crippen molar-refractivity contribution < 1.29 is 4.79 Å². The monoisotopic (exact) mass is 227 g/mol. The predicted molar refractivity (Wildman–Crippen MR) is 65.5 cm³/mol. The van der Waals surface area contributed by atoms with Gasteiger partial charge in [0.1, 0.15) is 5.78 Å². The maximum atomic E-state index is 11.7. The van der Waals surface area contributed by atoms with Gasteiger partial charge >= 0.3 is 0 Å². The summed E-state index contributed by atoms with van der Waals surface area (Å²) in [6.45, 7) is 1.04. The molecule has 3 aliphatic rings. The number of carbonyl (C=O) groups excluding carboxylic acids is 1. The summed E-state index contributed by atoms with van der Waals surface area (Å²) in [6.07, 6.45) is 4.25. The van der Waals surface area contributed by atoms with Crippen LogP contribution in [0, 0.1) is 5.92 Å². The van der Waals surface area contributed by atoms with Crippen molar-refractivity contribution in [1.82, 2.24) is 4.90 Å². The van der Waals surface area contributed by atoms with Gasteiger partial charge in [-0.05, 0) is 24.3 Å². The maximum Gasteiger partial charge on any atom is 0.134 e. The average molecular weight is 227 g/mol. The van der Waals surface area contributed by atoms with Crippen LogP contribution in [-0.4, -0.2) is 22.3 Å². The van der Waals surface area contributed by atoms with Crippen molar-refractivity contribution in [2.75, 3.05) is 0 Å². The summed E-state index contributed by atoms with van der Waals surface area (Å²) in [7, 11) is 0. The zero-order valence-corrected chi connectivity index (χ0v) is 9.93. The molecule has 0 radical (unpaired) electrons. The topological polar surface area (TPSA) is 20.1 Å². The van der Waals surface area contributed by atoms with E-state index in [1.165, 1.54) is 18.4 Å². The highest BCUT2D eigenvalue weighted by Gasteiger charge is 2.72. The largest absolute Gasteiger partial charge is 0.300 e. The van der Waals surface area contributed by atoms with Gasteiger partial charge in [-0.25, -0.2) is 0 Å². The normalized spacial score (nSPS) is 42.4. The molecule has 3 fully saturated rings. The van der Waals surface area contributed by atoms with Crippen LogP contribution < -0.4 is 0 Å². The Morgan fingerprint density at radius 1 is 1.24 bits per heavy atom. The summed E-state index contributed by atoms with van der Waals surface area (Å²) >= 11 is 0. The molecule has 1 spiro atoms. The first kappa shape index (κ1) is 9.84. The lowest BCUT2D eigenvalue weighted by molar-refractivity contribution is -0.122. The third-order valence-electron chi connectivity index (χ3n) is 5.11. The lowest BCUT2D eigenvalue weighted by Gasteiger charge is -2.40. The van der Waals surface area contributed by atoms with Crippen molar-refractivity contribution in [3.05, 3.63) is 35.9 Å². The van der Waals surface area contributed by atoms with Gasteiger partial charge in [-0.3, -0.25) is 9.69 Å². The Balaban J connectivity index is 1.56. The minimum absolute atomic E-state index is 0.448. The highest BCUT2D eigenvalue weighted by atomic mass is 16.1.